The van der Waals surface area contributed by atoms with Crippen molar-refractivity contribution in [3.8, 4) is 0 Å². The lowest BCUT2D eigenvalue weighted by Crippen LogP contribution is -2.45. The van der Waals surface area contributed by atoms with Gasteiger partial charge in [0.15, 0.2) is 6.54 Å². The number of pyridine rings is 1. The molecule has 0 N–H and O–H groups in total. The fourth-order valence-corrected chi connectivity index (χ4v) is 2.79. The molecule has 0 aromatic carbocycles. The Kier molecular flexibility index (Phi) is 4.57. The van der Waals surface area contributed by atoms with Crippen LogP contribution in [0.5, 0.6) is 0 Å². The normalized spacial score (nSPS) is 18.0. The molecule has 0 saturated carbocycles. The van der Waals surface area contributed by atoms with Gasteiger partial charge in [-0.3, -0.25) is 0 Å². The lowest BCUT2D eigenvalue weighted by molar-refractivity contribution is -0.706. The SMILES string of the molecule is CCCC/C=C/c1c(C)cc(C)c2[n+]1CC(C)C=C2. The molecule has 0 saturated heterocycles. The summed E-state index contributed by atoms with van der Waals surface area (Å²) in [5.74, 6) is 0.626. The van der Waals surface area contributed by atoms with Crippen molar-refractivity contribution in [1.29, 1.82) is 0 Å². The highest BCUT2D eigenvalue weighted by Gasteiger charge is 2.23. The molecule has 0 spiro atoms. The topological polar surface area (TPSA) is 3.88 Å². The summed E-state index contributed by atoms with van der Waals surface area (Å²) in [6.07, 6.45) is 13.0. The van der Waals surface area contributed by atoms with Gasteiger partial charge in [-0.05, 0) is 26.3 Å². The molecule has 19 heavy (non-hydrogen) atoms. The molecule has 1 aromatic rings. The maximum absolute atomic E-state index is 2.48. The van der Waals surface area contributed by atoms with Gasteiger partial charge in [0.2, 0.25) is 11.4 Å². The van der Waals surface area contributed by atoms with Gasteiger partial charge in [-0.2, -0.15) is 4.57 Å². The summed E-state index contributed by atoms with van der Waals surface area (Å²) in [5.41, 5.74) is 5.52. The maximum Gasteiger partial charge on any atom is 0.208 e. The Morgan fingerprint density at radius 3 is 2.84 bits per heavy atom. The molecular formula is C18H26N+. The fraction of sp³-hybridized carbons (Fsp3) is 0.500. The van der Waals surface area contributed by atoms with Crippen LogP contribution < -0.4 is 4.57 Å². The second kappa shape index (κ2) is 6.18. The maximum atomic E-state index is 2.48. The minimum atomic E-state index is 0.626. The highest BCUT2D eigenvalue weighted by molar-refractivity contribution is 5.53. The van der Waals surface area contributed by atoms with Crippen LogP contribution in [0.4, 0.5) is 0 Å². The number of unbranched alkanes of at least 4 members (excludes halogenated alkanes) is 2. The van der Waals surface area contributed by atoms with E-state index in [-0.39, 0.29) is 0 Å². The molecule has 2 heterocycles. The summed E-state index contributed by atoms with van der Waals surface area (Å²) >= 11 is 0. The Bertz CT molecular complexity index is 509. The number of aryl methyl sites for hydroxylation is 2. The smallest absolute Gasteiger partial charge is 0.191 e. The predicted octanol–water partition coefficient (Wildman–Crippen LogP) is 4.46. The Morgan fingerprint density at radius 1 is 1.32 bits per heavy atom. The molecular weight excluding hydrogens is 230 g/mol. The Labute approximate surface area is 117 Å². The number of hydrogen-bond acceptors (Lipinski definition) is 0. The largest absolute Gasteiger partial charge is 0.208 e. The van der Waals surface area contributed by atoms with Crippen LogP contribution >= 0.6 is 0 Å². The van der Waals surface area contributed by atoms with E-state index >= 15 is 0 Å². The van der Waals surface area contributed by atoms with E-state index in [2.05, 4.69) is 62.6 Å². The van der Waals surface area contributed by atoms with Crippen LogP contribution in [0.2, 0.25) is 0 Å². The van der Waals surface area contributed by atoms with E-state index < -0.39 is 0 Å². The monoisotopic (exact) mass is 256 g/mol. The van der Waals surface area contributed by atoms with Crippen molar-refractivity contribution >= 4 is 12.2 Å². The van der Waals surface area contributed by atoms with E-state index in [4.69, 9.17) is 0 Å². The second-order valence-corrected chi connectivity index (χ2v) is 5.77. The minimum absolute atomic E-state index is 0.626. The van der Waals surface area contributed by atoms with E-state index in [0.29, 0.717) is 5.92 Å². The highest BCUT2D eigenvalue weighted by Crippen LogP contribution is 2.18. The summed E-state index contributed by atoms with van der Waals surface area (Å²) in [5, 5.41) is 0. The van der Waals surface area contributed by atoms with E-state index in [1.54, 1.807) is 0 Å². The van der Waals surface area contributed by atoms with Crippen molar-refractivity contribution in [1.82, 2.24) is 0 Å². The number of nitrogens with zero attached hydrogens (tertiary/aromatic N) is 1. The lowest BCUT2D eigenvalue weighted by Gasteiger charge is -2.15. The molecule has 1 aliphatic heterocycles. The molecule has 0 bridgehead atoms. The quantitative estimate of drug-likeness (QED) is 0.553. The van der Waals surface area contributed by atoms with Crippen LogP contribution in [0.15, 0.2) is 18.2 Å². The Balaban J connectivity index is 2.38. The predicted molar refractivity (Wildman–Crippen MR) is 82.9 cm³/mol. The van der Waals surface area contributed by atoms with Gasteiger partial charge in [-0.15, -0.1) is 0 Å². The van der Waals surface area contributed by atoms with Gasteiger partial charge in [0.1, 0.15) is 0 Å². The summed E-state index contributed by atoms with van der Waals surface area (Å²) in [6, 6.07) is 2.31. The van der Waals surface area contributed by atoms with E-state index in [1.807, 2.05) is 0 Å². The zero-order chi connectivity index (χ0) is 13.8. The van der Waals surface area contributed by atoms with Gasteiger partial charge in [0, 0.05) is 29.2 Å². The molecule has 0 fully saturated rings. The highest BCUT2D eigenvalue weighted by atomic mass is 15.0. The van der Waals surface area contributed by atoms with Gasteiger partial charge in [-0.25, -0.2) is 0 Å². The molecule has 2 rings (SSSR count). The summed E-state index contributed by atoms with van der Waals surface area (Å²) in [7, 11) is 0. The minimum Gasteiger partial charge on any atom is -0.191 e. The van der Waals surface area contributed by atoms with Crippen molar-refractivity contribution in [2.24, 2.45) is 5.92 Å². The van der Waals surface area contributed by atoms with Gasteiger partial charge in [0.05, 0.1) is 0 Å². The van der Waals surface area contributed by atoms with Crippen molar-refractivity contribution in [2.75, 3.05) is 0 Å². The third-order valence-corrected chi connectivity index (χ3v) is 3.88. The van der Waals surface area contributed by atoms with Crippen LogP contribution in [-0.4, -0.2) is 0 Å². The summed E-state index contributed by atoms with van der Waals surface area (Å²) < 4.78 is 2.48. The number of allylic oxidation sites excluding steroid dienone is 2. The van der Waals surface area contributed by atoms with Crippen LogP contribution in [0, 0.1) is 19.8 Å². The van der Waals surface area contributed by atoms with E-state index in [1.165, 1.54) is 41.8 Å². The van der Waals surface area contributed by atoms with Crippen LogP contribution in [0.3, 0.4) is 0 Å². The molecule has 1 unspecified atom stereocenters. The number of hydrogen-bond donors (Lipinski definition) is 0. The van der Waals surface area contributed by atoms with Crippen molar-refractivity contribution in [2.45, 2.75) is 53.5 Å². The summed E-state index contributed by atoms with van der Waals surface area (Å²) in [4.78, 5) is 0. The Morgan fingerprint density at radius 2 is 2.11 bits per heavy atom. The van der Waals surface area contributed by atoms with Gasteiger partial charge >= 0.3 is 0 Å². The molecule has 1 nitrogen and oxygen atoms in total. The number of fused-ring (bicyclic) bond motifs is 1. The van der Waals surface area contributed by atoms with Gasteiger partial charge < -0.3 is 0 Å². The van der Waals surface area contributed by atoms with Crippen LogP contribution in [0.25, 0.3) is 12.2 Å². The third kappa shape index (κ3) is 3.15. The van der Waals surface area contributed by atoms with Crippen molar-refractivity contribution in [3.63, 3.8) is 0 Å². The first-order chi connectivity index (χ1) is 9.13. The average molecular weight is 256 g/mol. The molecule has 1 heteroatoms. The molecule has 1 aromatic heterocycles. The zero-order valence-corrected chi connectivity index (χ0v) is 12.7. The van der Waals surface area contributed by atoms with Crippen molar-refractivity contribution < 1.29 is 4.57 Å². The van der Waals surface area contributed by atoms with E-state index in [0.717, 1.165) is 6.54 Å². The average Bonchev–Trinajstić information content (AvgIpc) is 2.37. The molecule has 0 amide bonds. The molecule has 1 atom stereocenters. The van der Waals surface area contributed by atoms with Crippen LogP contribution in [-0.2, 0) is 6.54 Å². The molecule has 1 aliphatic rings. The first-order valence-corrected chi connectivity index (χ1v) is 7.52. The first kappa shape index (κ1) is 14.0. The van der Waals surface area contributed by atoms with Gasteiger partial charge in [-0.1, -0.05) is 38.8 Å². The standard InChI is InChI=1S/C18H26N/c1-5-6-7-8-9-17-15(3)12-16(4)18-11-10-14(2)13-19(17)18/h8-12,14H,5-7,13H2,1-4H3/q+1/b9-8+. The zero-order valence-electron chi connectivity index (χ0n) is 12.7. The van der Waals surface area contributed by atoms with Gasteiger partial charge in [0.25, 0.3) is 0 Å². The number of rotatable bonds is 4. The second-order valence-electron chi connectivity index (χ2n) is 5.77. The molecule has 0 aliphatic carbocycles. The molecule has 102 valence electrons. The number of aromatic nitrogens is 1. The summed E-state index contributed by atoms with van der Waals surface area (Å²) in [6.45, 7) is 10.1. The first-order valence-electron chi connectivity index (χ1n) is 7.52. The van der Waals surface area contributed by atoms with Crippen LogP contribution in [0.1, 0.15) is 55.6 Å². The van der Waals surface area contributed by atoms with Crippen molar-refractivity contribution in [3.05, 3.63) is 40.7 Å². The molecule has 0 radical (unpaired) electrons. The fourth-order valence-electron chi connectivity index (χ4n) is 2.79. The lowest BCUT2D eigenvalue weighted by atomic mass is 10.0. The Hall–Kier alpha value is -1.37. The van der Waals surface area contributed by atoms with E-state index in [9.17, 15) is 0 Å². The third-order valence-electron chi connectivity index (χ3n) is 3.88.